The Hall–Kier alpha value is -9.81. The smallest absolute Gasteiger partial charge is 0.305 e. The number of ether oxygens (including phenoxy) is 1. The lowest BCUT2D eigenvalue weighted by molar-refractivity contribution is -0.146. The lowest BCUT2D eigenvalue weighted by Crippen LogP contribution is -2.62. The molecular weight excluding hydrogens is 1340 g/mol. The Kier molecular flexibility index (Phi) is 26.5. The molecule has 9 rings (SSSR count). The predicted molar refractivity (Wildman–Crippen MR) is 378 cm³/mol. The molecule has 9 amide bonds. The minimum atomic E-state index is -2.00. The van der Waals surface area contributed by atoms with E-state index in [2.05, 4.69) is 68.5 Å². The minimum Gasteiger partial charge on any atom is -0.496 e. The number of methoxy groups -OCH3 is 1. The number of nitrogens with zero attached hydrogens (tertiary/aromatic N) is 2. The average molecular weight is 1430 g/mol. The van der Waals surface area contributed by atoms with E-state index in [1.165, 1.54) is 92.0 Å². The molecule has 0 aliphatic carbocycles. The number of carboxylic acid groups (broad SMARTS) is 1. The van der Waals surface area contributed by atoms with E-state index in [9.17, 15) is 38.3 Å². The number of fused-ring (bicyclic) bond motifs is 5. The number of aliphatic carboxylic acids is 1. The van der Waals surface area contributed by atoms with Gasteiger partial charge in [0.15, 0.2) is 0 Å². The van der Waals surface area contributed by atoms with Crippen molar-refractivity contribution in [2.45, 2.75) is 151 Å². The van der Waals surface area contributed by atoms with E-state index in [4.69, 9.17) is 10.5 Å². The van der Waals surface area contributed by atoms with E-state index >= 15 is 23.6 Å². The lowest BCUT2D eigenvalue weighted by Gasteiger charge is -2.36. The molecule has 0 spiro atoms. The van der Waals surface area contributed by atoms with Crippen LogP contribution in [0.5, 0.6) is 5.75 Å². The fourth-order valence-electron chi connectivity index (χ4n) is 12.5. The summed E-state index contributed by atoms with van der Waals surface area (Å²) in [7, 11) is 1.51. The van der Waals surface area contributed by atoms with Gasteiger partial charge in [-0.25, -0.2) is 13.8 Å². The number of rotatable bonds is 15. The molecule has 30 heteroatoms. The maximum Gasteiger partial charge on any atom is 0.305 e. The third-order valence-corrected chi connectivity index (χ3v) is 20.1. The molecule has 2 aliphatic rings. The number of aromatic amines is 3. The highest BCUT2D eigenvalue weighted by Gasteiger charge is 2.48. The number of thioether (sulfide) groups is 2. The molecule has 7 aromatic rings. The number of carbonyl (C=O) groups excluding carboxylic acids is 9. The number of carbonyl (C=O) groups is 10. The number of nitrogens with one attached hydrogen (secondary N) is 11. The van der Waals surface area contributed by atoms with Gasteiger partial charge < -0.3 is 78.0 Å². The van der Waals surface area contributed by atoms with Gasteiger partial charge in [-0.1, -0.05) is 36.4 Å². The van der Waals surface area contributed by atoms with Gasteiger partial charge in [-0.05, 0) is 135 Å². The summed E-state index contributed by atoms with van der Waals surface area (Å²) >= 11 is 3.13. The topological polar surface area (TPSA) is 386 Å². The third-order valence-electron chi connectivity index (χ3n) is 18.0. The highest BCUT2D eigenvalue weighted by atomic mass is 32.2. The van der Waals surface area contributed by atoms with E-state index < -0.39 is 131 Å². The molecular formula is C71H86F2N14O12S2. The van der Waals surface area contributed by atoms with Gasteiger partial charge in [-0.2, -0.15) is 23.5 Å². The van der Waals surface area contributed by atoms with Gasteiger partial charge >= 0.3 is 5.97 Å². The van der Waals surface area contributed by atoms with Crippen LogP contribution < -0.4 is 53.0 Å². The van der Waals surface area contributed by atoms with E-state index in [-0.39, 0.29) is 56.1 Å². The van der Waals surface area contributed by atoms with Crippen molar-refractivity contribution in [1.82, 2.24) is 67.4 Å². The molecule has 0 saturated carbocycles. The molecule has 14 N–H and O–H groups in total. The second kappa shape index (κ2) is 35.5. The number of hydrogen-bond donors (Lipinski definition) is 13. The van der Waals surface area contributed by atoms with Crippen LogP contribution in [-0.2, 0) is 85.1 Å². The molecule has 1 saturated heterocycles. The van der Waals surface area contributed by atoms with Crippen LogP contribution >= 0.6 is 23.5 Å². The van der Waals surface area contributed by atoms with E-state index in [0.717, 1.165) is 16.7 Å². The van der Waals surface area contributed by atoms with Crippen molar-refractivity contribution in [3.8, 4) is 5.75 Å². The van der Waals surface area contributed by atoms with Crippen LogP contribution in [0.25, 0.3) is 21.8 Å². The Bertz CT molecular complexity index is 4140. The summed E-state index contributed by atoms with van der Waals surface area (Å²) in [5.41, 5.74) is 9.63. The van der Waals surface area contributed by atoms with Crippen LogP contribution in [0.1, 0.15) is 97.9 Å². The van der Waals surface area contributed by atoms with Crippen molar-refractivity contribution in [2.75, 3.05) is 38.2 Å². The molecule has 8 atom stereocenters. The number of aromatic nitrogens is 4. The van der Waals surface area contributed by atoms with Gasteiger partial charge in [0.2, 0.25) is 53.2 Å². The Morgan fingerprint density at radius 2 is 1.26 bits per heavy atom. The van der Waals surface area contributed by atoms with Crippen LogP contribution in [0.3, 0.4) is 0 Å². The normalized spacial score (nSPS) is 22.7. The van der Waals surface area contributed by atoms with Crippen molar-refractivity contribution in [3.05, 3.63) is 154 Å². The maximum absolute atomic E-state index is 15.3. The van der Waals surface area contributed by atoms with E-state index in [0.29, 0.717) is 94.2 Å². The number of amides is 9. The van der Waals surface area contributed by atoms with Gasteiger partial charge in [0.1, 0.15) is 65.2 Å². The summed E-state index contributed by atoms with van der Waals surface area (Å²) in [4.78, 5) is 159. The maximum atomic E-state index is 15.3. The molecule has 5 heterocycles. The van der Waals surface area contributed by atoms with Gasteiger partial charge in [0, 0.05) is 114 Å². The molecule has 4 aromatic carbocycles. The number of imidazole rings is 1. The molecule has 2 aliphatic heterocycles. The van der Waals surface area contributed by atoms with Crippen molar-refractivity contribution in [1.29, 1.82) is 0 Å². The van der Waals surface area contributed by atoms with Crippen molar-refractivity contribution in [3.63, 3.8) is 0 Å². The second-order valence-electron chi connectivity index (χ2n) is 25.5. The molecule has 2 bridgehead atoms. The number of nitrogens with two attached hydrogens (primary N) is 1. The van der Waals surface area contributed by atoms with Crippen molar-refractivity contribution >= 4 is 104 Å². The number of aryl methyl sites for hydroxylation is 1. The lowest BCUT2D eigenvalue weighted by atomic mass is 9.95. The SMILES string of the molecule is COc1ccc(C[C@@H]2NC(=O)[C@H](Cc3cnc[nH]3)NC(=O)[C@H](CC(=O)O)NC(=O)[C@H](Cc3c[nH]c4ccc(F)cc34)NC(=O)[C@H](Cc3c[nH]c4ccc(F)cc34)NC(=O)[C@@H](C)NC(=O)[C@H](CCCCN)NC(=O)CCSCc3cccc(c3)CSCCNC(=O)[C@]3(C)CCCN3C2=O)cc1C. The Labute approximate surface area is 590 Å². The molecule has 1 fully saturated rings. The first-order valence-electron chi connectivity index (χ1n) is 33.5. The van der Waals surface area contributed by atoms with E-state index in [1.807, 2.05) is 25.1 Å². The predicted octanol–water partition coefficient (Wildman–Crippen LogP) is 4.32. The largest absolute Gasteiger partial charge is 0.496 e. The quantitative estimate of drug-likeness (QED) is 0.0636. The summed E-state index contributed by atoms with van der Waals surface area (Å²) in [6, 6.07) is 10.1. The van der Waals surface area contributed by atoms with Crippen molar-refractivity contribution in [2.24, 2.45) is 5.73 Å². The number of benzene rings is 4. The average Bonchev–Trinajstić information content (AvgIpc) is 1.69. The summed E-state index contributed by atoms with van der Waals surface area (Å²) in [5.74, 6) is -7.51. The van der Waals surface area contributed by atoms with Crippen LogP contribution in [0.4, 0.5) is 8.78 Å². The highest BCUT2D eigenvalue weighted by Crippen LogP contribution is 2.32. The Balaban J connectivity index is 1.06. The highest BCUT2D eigenvalue weighted by molar-refractivity contribution is 7.98. The molecule has 538 valence electrons. The van der Waals surface area contributed by atoms with Crippen LogP contribution in [0.2, 0.25) is 0 Å². The minimum absolute atomic E-state index is 0.0550. The molecule has 3 aromatic heterocycles. The number of unbranched alkanes of at least 4 members (excludes halogenated alkanes) is 1. The fourth-order valence-corrected chi connectivity index (χ4v) is 14.2. The van der Waals surface area contributed by atoms with E-state index in [1.54, 1.807) is 36.9 Å². The van der Waals surface area contributed by atoms with Gasteiger partial charge in [-0.3, -0.25) is 47.9 Å². The summed E-state index contributed by atoms with van der Waals surface area (Å²) in [6.07, 6.45) is 5.27. The van der Waals surface area contributed by atoms with Crippen molar-refractivity contribution < 1.29 is 66.6 Å². The van der Waals surface area contributed by atoms with Gasteiger partial charge in [0.25, 0.3) is 0 Å². The first-order chi connectivity index (χ1) is 48.5. The third kappa shape index (κ3) is 20.5. The zero-order chi connectivity index (χ0) is 72.3. The molecule has 0 unspecified atom stereocenters. The standard InChI is InChI=1S/C71H86F2N14O12S2/c1-40-25-42(12-17-60(40)99-4)27-59-69(97)87-22-8-19-71(87,3)70(98)76-21-24-101-38-44-10-7-9-43(26-44)37-100-23-18-61(88)81-54(11-5-6-20-74)64(92)80-41(2)63(91)82-55(28-45-34-77-52-15-13-47(72)30-50(45)52)65(93)83-56(29-46-35-78-53-16-14-48(73)31-51(46)53)66(94)85-58(33-62(89)90)68(96)84-57(67(95)86-59)32-49-36-75-39-79-49/h7,9-10,12-17,25-26,30-31,34-36,39,41,54-59,77-78H,5-6,8,11,18-24,27-29,32-33,37-38,74H2,1-4H3,(H,75,79)(H,76,98)(H,80,92)(H,81,88)(H,82,91)(H,83,93)(H,84,96)(H,85,94)(H,86,95)(H,89,90)/t41-,54+,55+,56+,57+,58+,59+,71+/m1/s1. The first-order valence-corrected chi connectivity index (χ1v) is 35.8. The Morgan fingerprint density at radius 3 is 1.85 bits per heavy atom. The summed E-state index contributed by atoms with van der Waals surface area (Å²) < 4.78 is 35.4. The van der Waals surface area contributed by atoms with Crippen LogP contribution in [0, 0.1) is 18.6 Å². The molecule has 101 heavy (non-hydrogen) atoms. The fraction of sp³-hybridized carbons (Fsp3) is 0.423. The molecule has 26 nitrogen and oxygen atoms in total. The number of carboxylic acids is 1. The zero-order valence-corrected chi connectivity index (χ0v) is 58.2. The monoisotopic (exact) mass is 1430 g/mol. The summed E-state index contributed by atoms with van der Waals surface area (Å²) in [5, 5.41) is 32.8. The zero-order valence-electron chi connectivity index (χ0n) is 56.6. The second-order valence-corrected chi connectivity index (χ2v) is 27.8. The van der Waals surface area contributed by atoms with Gasteiger partial charge in [-0.15, -0.1) is 0 Å². The number of H-pyrrole nitrogens is 3. The Morgan fingerprint density at radius 1 is 0.673 bits per heavy atom. The molecule has 0 radical (unpaired) electrons. The number of hydrogen-bond acceptors (Lipinski definition) is 15. The van der Waals surface area contributed by atoms with Crippen LogP contribution in [0.15, 0.2) is 104 Å². The first kappa shape index (κ1) is 75.4. The van der Waals surface area contributed by atoms with Crippen LogP contribution in [-0.4, -0.2) is 175 Å². The number of halogens is 2. The van der Waals surface area contributed by atoms with Gasteiger partial charge in [0.05, 0.1) is 19.9 Å². The summed E-state index contributed by atoms with van der Waals surface area (Å²) in [6.45, 7) is 5.58.